The first-order valence-corrected chi connectivity index (χ1v) is 7.46. The fourth-order valence-electron chi connectivity index (χ4n) is 1.58. The van der Waals surface area contributed by atoms with E-state index in [2.05, 4.69) is 9.71 Å². The van der Waals surface area contributed by atoms with Crippen molar-refractivity contribution in [3.8, 4) is 0 Å². The van der Waals surface area contributed by atoms with Gasteiger partial charge in [-0.15, -0.1) is 0 Å². The van der Waals surface area contributed by atoms with Crippen LogP contribution in [-0.4, -0.2) is 24.5 Å². The van der Waals surface area contributed by atoms with E-state index in [4.69, 9.17) is 5.11 Å². The number of carbonyl (C=O) groups is 1. The maximum Gasteiger partial charge on any atom is 0.337 e. The van der Waals surface area contributed by atoms with E-state index in [1.54, 1.807) is 24.3 Å². The molecule has 0 amide bonds. The molecule has 0 aliphatic rings. The number of carboxylic acid groups (broad SMARTS) is 1. The van der Waals surface area contributed by atoms with Crippen LogP contribution in [0.4, 0.5) is 5.69 Å². The lowest BCUT2D eigenvalue weighted by atomic mass is 10.2. The van der Waals surface area contributed by atoms with Crippen molar-refractivity contribution in [2.75, 3.05) is 4.72 Å². The number of nitrogens with zero attached hydrogens (tertiary/aromatic N) is 1. The van der Waals surface area contributed by atoms with Gasteiger partial charge in [0.1, 0.15) is 0 Å². The fourth-order valence-corrected chi connectivity index (χ4v) is 2.46. The lowest BCUT2D eigenvalue weighted by molar-refractivity contribution is 0.0698. The van der Waals surface area contributed by atoms with Crippen LogP contribution in [0.15, 0.2) is 54.2 Å². The Bertz CT molecular complexity index is 771. The largest absolute Gasteiger partial charge is 0.478 e. The molecule has 0 aliphatic heterocycles. The number of pyridine rings is 1. The highest BCUT2D eigenvalue weighted by Crippen LogP contribution is 2.16. The van der Waals surface area contributed by atoms with Gasteiger partial charge in [0, 0.05) is 6.20 Å². The molecule has 21 heavy (non-hydrogen) atoms. The molecular weight excluding hydrogens is 292 g/mol. The fraction of sp³-hybridized carbons (Fsp3) is 0. The molecule has 0 radical (unpaired) electrons. The van der Waals surface area contributed by atoms with Gasteiger partial charge in [0.2, 0.25) is 0 Å². The molecule has 2 aromatic rings. The molecule has 0 atom stereocenters. The number of anilines is 1. The Morgan fingerprint density at radius 2 is 1.90 bits per heavy atom. The van der Waals surface area contributed by atoms with Crippen LogP contribution >= 0.6 is 0 Å². The average molecular weight is 304 g/mol. The minimum absolute atomic E-state index is 0.0808. The molecule has 7 heteroatoms. The third-order valence-corrected chi connectivity index (χ3v) is 3.54. The zero-order valence-electron chi connectivity index (χ0n) is 10.8. The molecule has 0 saturated carbocycles. The highest BCUT2D eigenvalue weighted by Gasteiger charge is 2.14. The third-order valence-electron chi connectivity index (χ3n) is 2.54. The summed E-state index contributed by atoms with van der Waals surface area (Å²) in [6, 6.07) is 10.1. The maximum absolute atomic E-state index is 11.9. The van der Waals surface area contributed by atoms with Crippen molar-refractivity contribution >= 4 is 27.8 Å². The first-order chi connectivity index (χ1) is 9.98. The van der Waals surface area contributed by atoms with Crippen LogP contribution in [0, 0.1) is 0 Å². The Morgan fingerprint density at radius 1 is 1.19 bits per heavy atom. The van der Waals surface area contributed by atoms with Gasteiger partial charge in [-0.05, 0) is 17.7 Å². The number of nitrogens with one attached hydrogen (secondary N) is 1. The SMILES string of the molecule is O=C(O)c1ccncc1NS(=O)(=O)C=Cc1ccccc1. The minimum Gasteiger partial charge on any atom is -0.478 e. The molecule has 0 unspecified atom stereocenters. The van der Waals surface area contributed by atoms with Gasteiger partial charge >= 0.3 is 5.97 Å². The first kappa shape index (κ1) is 14.7. The molecule has 1 aromatic heterocycles. The summed E-state index contributed by atoms with van der Waals surface area (Å²) >= 11 is 0. The molecule has 108 valence electrons. The topological polar surface area (TPSA) is 96.4 Å². The van der Waals surface area contributed by atoms with E-state index in [9.17, 15) is 13.2 Å². The van der Waals surface area contributed by atoms with Crippen molar-refractivity contribution in [1.29, 1.82) is 0 Å². The van der Waals surface area contributed by atoms with E-state index < -0.39 is 16.0 Å². The number of carboxylic acids is 1. The summed E-state index contributed by atoms with van der Waals surface area (Å²) in [5.74, 6) is -1.23. The summed E-state index contributed by atoms with van der Waals surface area (Å²) in [5.41, 5.74) is 0.469. The van der Waals surface area contributed by atoms with Gasteiger partial charge in [-0.3, -0.25) is 9.71 Å². The second kappa shape index (κ2) is 6.19. The van der Waals surface area contributed by atoms with E-state index in [-0.39, 0.29) is 11.3 Å². The van der Waals surface area contributed by atoms with Gasteiger partial charge in [0.25, 0.3) is 10.0 Å². The molecule has 2 rings (SSSR count). The molecular formula is C14H12N2O4S. The van der Waals surface area contributed by atoms with Gasteiger partial charge in [-0.25, -0.2) is 13.2 Å². The van der Waals surface area contributed by atoms with Crippen molar-refractivity contribution in [2.45, 2.75) is 0 Å². The normalized spacial score (nSPS) is 11.4. The van der Waals surface area contributed by atoms with Gasteiger partial charge in [-0.2, -0.15) is 0 Å². The Morgan fingerprint density at radius 3 is 2.57 bits per heavy atom. The van der Waals surface area contributed by atoms with Gasteiger partial charge in [-0.1, -0.05) is 30.3 Å². The monoisotopic (exact) mass is 304 g/mol. The molecule has 2 N–H and O–H groups in total. The molecule has 0 bridgehead atoms. The molecule has 1 aromatic carbocycles. The summed E-state index contributed by atoms with van der Waals surface area (Å²) in [4.78, 5) is 14.7. The second-order valence-electron chi connectivity index (χ2n) is 4.09. The predicted octanol–water partition coefficient (Wildman–Crippen LogP) is 2.19. The highest BCUT2D eigenvalue weighted by atomic mass is 32.2. The van der Waals surface area contributed by atoms with E-state index in [0.29, 0.717) is 5.56 Å². The van der Waals surface area contributed by atoms with Gasteiger partial charge in [0.05, 0.1) is 22.9 Å². The average Bonchev–Trinajstić information content (AvgIpc) is 2.46. The van der Waals surface area contributed by atoms with Crippen molar-refractivity contribution in [3.63, 3.8) is 0 Å². The zero-order chi connectivity index (χ0) is 15.3. The van der Waals surface area contributed by atoms with E-state index in [0.717, 1.165) is 11.6 Å². The number of benzene rings is 1. The summed E-state index contributed by atoms with van der Waals surface area (Å²) < 4.78 is 26.0. The van der Waals surface area contributed by atoms with Crippen LogP contribution in [0.3, 0.4) is 0 Å². The summed E-state index contributed by atoms with van der Waals surface area (Å²) in [5, 5.41) is 9.96. The van der Waals surface area contributed by atoms with E-state index in [1.165, 1.54) is 18.3 Å². The van der Waals surface area contributed by atoms with Crippen LogP contribution in [0.25, 0.3) is 6.08 Å². The zero-order valence-corrected chi connectivity index (χ0v) is 11.6. The lowest BCUT2D eigenvalue weighted by Crippen LogP contribution is -2.12. The van der Waals surface area contributed by atoms with Crippen molar-refractivity contribution in [1.82, 2.24) is 4.98 Å². The molecule has 0 spiro atoms. The van der Waals surface area contributed by atoms with Gasteiger partial charge in [0.15, 0.2) is 0 Å². The Labute approximate surface area is 121 Å². The number of aromatic carboxylic acids is 1. The third kappa shape index (κ3) is 4.15. The molecule has 0 aliphatic carbocycles. The van der Waals surface area contributed by atoms with Crippen LogP contribution < -0.4 is 4.72 Å². The smallest absolute Gasteiger partial charge is 0.337 e. The van der Waals surface area contributed by atoms with E-state index >= 15 is 0 Å². The summed E-state index contributed by atoms with van der Waals surface area (Å²) in [6.45, 7) is 0. The first-order valence-electron chi connectivity index (χ1n) is 5.91. The Hall–Kier alpha value is -2.67. The maximum atomic E-state index is 11.9. The van der Waals surface area contributed by atoms with Crippen LogP contribution in [0.5, 0.6) is 0 Å². The molecule has 0 saturated heterocycles. The predicted molar refractivity (Wildman–Crippen MR) is 79.2 cm³/mol. The number of hydrogen-bond acceptors (Lipinski definition) is 4. The molecule has 6 nitrogen and oxygen atoms in total. The Balaban J connectivity index is 2.23. The summed E-state index contributed by atoms with van der Waals surface area (Å²) in [6.07, 6.45) is 3.84. The standard InChI is InChI=1S/C14H12N2O4S/c17-14(18)12-6-8-15-10-13(12)16-21(19,20)9-7-11-4-2-1-3-5-11/h1-10,16H,(H,17,18). The minimum atomic E-state index is -3.82. The number of sulfonamides is 1. The van der Waals surface area contributed by atoms with Crippen LogP contribution in [-0.2, 0) is 10.0 Å². The van der Waals surface area contributed by atoms with Gasteiger partial charge < -0.3 is 5.11 Å². The lowest BCUT2D eigenvalue weighted by Gasteiger charge is -2.06. The Kier molecular flexibility index (Phi) is 4.34. The van der Waals surface area contributed by atoms with Crippen LogP contribution in [0.2, 0.25) is 0 Å². The van der Waals surface area contributed by atoms with E-state index in [1.807, 2.05) is 6.07 Å². The molecule has 1 heterocycles. The number of aromatic nitrogens is 1. The van der Waals surface area contributed by atoms with Crippen molar-refractivity contribution in [3.05, 3.63) is 65.3 Å². The highest BCUT2D eigenvalue weighted by molar-refractivity contribution is 7.95. The van der Waals surface area contributed by atoms with Crippen molar-refractivity contribution in [2.24, 2.45) is 0 Å². The molecule has 0 fully saturated rings. The quantitative estimate of drug-likeness (QED) is 0.882. The number of rotatable bonds is 5. The van der Waals surface area contributed by atoms with Crippen LogP contribution in [0.1, 0.15) is 15.9 Å². The second-order valence-corrected chi connectivity index (χ2v) is 5.65. The van der Waals surface area contributed by atoms with Crippen molar-refractivity contribution < 1.29 is 18.3 Å². The number of hydrogen-bond donors (Lipinski definition) is 2. The summed E-state index contributed by atoms with van der Waals surface area (Å²) in [7, 11) is -3.82.